The standard InChI is InChI=1S/C31H42N4O5S.ClH/c1-19(2)14-15-22-11-8-10-20(3)26(22)27-21(4)28(40-18-24(32)17-31(5,6)7)34-30(33-27)35-41(38,39)25-13-9-12-23(16-25)29(36)37;/h8-13,16,19,24H,14-15,17-18,32H2,1-7H3,(H,36,37)(H,33,34,35);1H/t24-;/m1./s1. The Balaban J connectivity index is 0.00000616. The average Bonchev–Trinajstić information content (AvgIpc) is 2.86. The number of halogens is 1. The van der Waals surface area contributed by atoms with E-state index in [0.717, 1.165) is 42.0 Å². The fourth-order valence-electron chi connectivity index (χ4n) is 4.65. The summed E-state index contributed by atoms with van der Waals surface area (Å²) in [6.45, 7) is 14.7. The van der Waals surface area contributed by atoms with Crippen molar-refractivity contribution in [3.63, 3.8) is 0 Å². The molecule has 1 heterocycles. The number of nitrogens with two attached hydrogens (primary N) is 1. The van der Waals surface area contributed by atoms with Gasteiger partial charge in [-0.2, -0.15) is 4.98 Å². The van der Waals surface area contributed by atoms with Crippen LogP contribution in [0.15, 0.2) is 47.4 Å². The second-order valence-corrected chi connectivity index (χ2v) is 13.8. The first-order valence-electron chi connectivity index (χ1n) is 13.8. The number of hydrogen-bond donors (Lipinski definition) is 3. The van der Waals surface area contributed by atoms with E-state index in [4.69, 9.17) is 10.5 Å². The minimum absolute atomic E-state index is 0. The summed E-state index contributed by atoms with van der Waals surface area (Å²) in [5.41, 5.74) is 10.4. The van der Waals surface area contributed by atoms with Crippen molar-refractivity contribution in [2.75, 3.05) is 11.3 Å². The average molecular weight is 619 g/mol. The summed E-state index contributed by atoms with van der Waals surface area (Å²) in [6.07, 6.45) is 2.53. The number of aromatic nitrogens is 2. The molecule has 0 aliphatic rings. The number of nitrogens with one attached hydrogen (secondary N) is 1. The zero-order valence-corrected chi connectivity index (χ0v) is 27.0. The van der Waals surface area contributed by atoms with Gasteiger partial charge in [-0.1, -0.05) is 58.9 Å². The molecule has 2 aromatic carbocycles. The van der Waals surface area contributed by atoms with Crippen LogP contribution in [0, 0.1) is 25.2 Å². The Labute approximate surface area is 255 Å². The third kappa shape index (κ3) is 9.40. The fraction of sp³-hybridized carbons (Fsp3) is 0.452. The molecule has 0 fully saturated rings. The first-order chi connectivity index (χ1) is 19.1. The van der Waals surface area contributed by atoms with Crippen LogP contribution in [0.3, 0.4) is 0 Å². The lowest BCUT2D eigenvalue weighted by Crippen LogP contribution is -2.32. The number of carboxylic acid groups (broad SMARTS) is 1. The van der Waals surface area contributed by atoms with Crippen molar-refractivity contribution >= 4 is 34.3 Å². The minimum Gasteiger partial charge on any atom is -0.478 e. The smallest absolute Gasteiger partial charge is 0.335 e. The number of sulfonamides is 1. The van der Waals surface area contributed by atoms with Gasteiger partial charge in [0.2, 0.25) is 11.8 Å². The van der Waals surface area contributed by atoms with Gasteiger partial charge in [-0.3, -0.25) is 0 Å². The van der Waals surface area contributed by atoms with Crippen LogP contribution in [0.1, 0.15) is 74.5 Å². The second-order valence-electron chi connectivity index (χ2n) is 12.1. The highest BCUT2D eigenvalue weighted by atomic mass is 35.5. The van der Waals surface area contributed by atoms with Crippen LogP contribution in [0.5, 0.6) is 5.88 Å². The highest BCUT2D eigenvalue weighted by Gasteiger charge is 2.24. The first-order valence-corrected chi connectivity index (χ1v) is 15.3. The molecule has 0 saturated heterocycles. The molecule has 1 atom stereocenters. The lowest BCUT2D eigenvalue weighted by molar-refractivity contribution is 0.0696. The number of benzene rings is 2. The summed E-state index contributed by atoms with van der Waals surface area (Å²) in [5.74, 6) is -0.674. The number of aryl methyl sites for hydroxylation is 2. The van der Waals surface area contributed by atoms with Crippen molar-refractivity contribution in [1.82, 2.24) is 9.97 Å². The summed E-state index contributed by atoms with van der Waals surface area (Å²) in [4.78, 5) is 20.3. The van der Waals surface area contributed by atoms with Crippen molar-refractivity contribution < 1.29 is 23.1 Å². The van der Waals surface area contributed by atoms with Gasteiger partial charge in [-0.05, 0) is 73.8 Å². The summed E-state index contributed by atoms with van der Waals surface area (Å²) in [5, 5.41) is 9.33. The minimum atomic E-state index is -4.21. The lowest BCUT2D eigenvalue weighted by atomic mass is 9.89. The van der Waals surface area contributed by atoms with Crippen LogP contribution in [0.2, 0.25) is 0 Å². The van der Waals surface area contributed by atoms with Gasteiger partial charge >= 0.3 is 5.97 Å². The molecule has 0 aliphatic heterocycles. The zero-order valence-electron chi connectivity index (χ0n) is 25.4. The van der Waals surface area contributed by atoms with Gasteiger partial charge in [0.25, 0.3) is 10.0 Å². The number of nitrogens with zero attached hydrogens (tertiary/aromatic N) is 2. The molecule has 4 N–H and O–H groups in total. The molecule has 9 nitrogen and oxygen atoms in total. The van der Waals surface area contributed by atoms with E-state index in [1.54, 1.807) is 0 Å². The molecule has 42 heavy (non-hydrogen) atoms. The summed E-state index contributed by atoms with van der Waals surface area (Å²) >= 11 is 0. The summed E-state index contributed by atoms with van der Waals surface area (Å²) < 4.78 is 35.2. The van der Waals surface area contributed by atoms with Crippen LogP contribution in [0.25, 0.3) is 11.3 Å². The van der Waals surface area contributed by atoms with Gasteiger partial charge < -0.3 is 15.6 Å². The van der Waals surface area contributed by atoms with Crippen LogP contribution in [-0.4, -0.2) is 42.1 Å². The van der Waals surface area contributed by atoms with Crippen LogP contribution in [0.4, 0.5) is 5.95 Å². The van der Waals surface area contributed by atoms with Crippen molar-refractivity contribution in [2.24, 2.45) is 17.1 Å². The molecule has 230 valence electrons. The van der Waals surface area contributed by atoms with Gasteiger partial charge in [0, 0.05) is 17.2 Å². The van der Waals surface area contributed by atoms with Crippen LogP contribution < -0.4 is 15.2 Å². The lowest BCUT2D eigenvalue weighted by Gasteiger charge is -2.24. The fourth-order valence-corrected chi connectivity index (χ4v) is 5.64. The normalized spacial score (nSPS) is 12.5. The maximum Gasteiger partial charge on any atom is 0.335 e. The number of ether oxygens (including phenoxy) is 1. The van der Waals surface area contributed by atoms with Gasteiger partial charge in [0.05, 0.1) is 16.2 Å². The van der Waals surface area contributed by atoms with E-state index in [0.29, 0.717) is 17.2 Å². The monoisotopic (exact) mass is 618 g/mol. The van der Waals surface area contributed by atoms with Crippen molar-refractivity contribution in [2.45, 2.75) is 78.7 Å². The molecule has 11 heteroatoms. The van der Waals surface area contributed by atoms with Crippen LogP contribution in [-0.2, 0) is 16.4 Å². The van der Waals surface area contributed by atoms with E-state index >= 15 is 0 Å². The SMILES string of the molecule is Cc1cccc(CCC(C)C)c1-c1nc(NS(=O)(=O)c2cccc(C(=O)O)c2)nc(OC[C@H](N)CC(C)(C)C)c1C.Cl. The molecule has 0 radical (unpaired) electrons. The third-order valence-corrected chi connectivity index (χ3v) is 7.94. The zero-order chi connectivity index (χ0) is 30.5. The molecule has 3 aromatic rings. The highest BCUT2D eigenvalue weighted by Crippen LogP contribution is 2.35. The second kappa shape index (κ2) is 14.3. The Morgan fingerprint density at radius 1 is 1.10 bits per heavy atom. The predicted octanol–water partition coefficient (Wildman–Crippen LogP) is 6.41. The topological polar surface area (TPSA) is 144 Å². The van der Waals surface area contributed by atoms with Crippen molar-refractivity contribution in [3.05, 3.63) is 64.7 Å². The number of hydrogen-bond acceptors (Lipinski definition) is 7. The molecular formula is C31H43ClN4O5S. The number of anilines is 1. The maximum absolute atomic E-state index is 13.3. The van der Waals surface area contributed by atoms with Crippen molar-refractivity contribution in [3.8, 4) is 17.1 Å². The molecule has 0 spiro atoms. The quantitative estimate of drug-likeness (QED) is 0.211. The van der Waals surface area contributed by atoms with Crippen molar-refractivity contribution in [1.29, 1.82) is 0 Å². The molecule has 0 saturated carbocycles. The van der Waals surface area contributed by atoms with Gasteiger partial charge in [0.1, 0.15) is 6.61 Å². The third-order valence-electron chi connectivity index (χ3n) is 6.61. The highest BCUT2D eigenvalue weighted by molar-refractivity contribution is 7.92. The Bertz CT molecular complexity index is 1500. The molecule has 0 bridgehead atoms. The number of carboxylic acids is 1. The van der Waals surface area contributed by atoms with E-state index in [1.165, 1.54) is 18.2 Å². The van der Waals surface area contributed by atoms with E-state index in [9.17, 15) is 18.3 Å². The first kappa shape index (κ1) is 35.0. The number of rotatable bonds is 12. The Kier molecular flexibility index (Phi) is 11.9. The Morgan fingerprint density at radius 2 is 1.76 bits per heavy atom. The molecule has 0 aliphatic carbocycles. The molecule has 0 unspecified atom stereocenters. The summed E-state index contributed by atoms with van der Waals surface area (Å²) in [6, 6.07) is 10.9. The number of carbonyl (C=O) groups is 1. The van der Waals surface area contributed by atoms with E-state index < -0.39 is 16.0 Å². The Hall–Kier alpha value is -3.21. The molecule has 1 aromatic heterocycles. The van der Waals surface area contributed by atoms with Gasteiger partial charge in [-0.15, -0.1) is 12.4 Å². The molecular weight excluding hydrogens is 576 g/mol. The van der Waals surface area contributed by atoms with E-state index in [1.807, 2.05) is 26.0 Å². The Morgan fingerprint density at radius 3 is 2.38 bits per heavy atom. The largest absolute Gasteiger partial charge is 0.478 e. The predicted molar refractivity (Wildman–Crippen MR) is 169 cm³/mol. The number of aromatic carboxylic acids is 1. The molecule has 0 amide bonds. The van der Waals surface area contributed by atoms with Gasteiger partial charge in [-0.25, -0.2) is 22.9 Å². The van der Waals surface area contributed by atoms with Gasteiger partial charge in [0.15, 0.2) is 0 Å². The summed E-state index contributed by atoms with van der Waals surface area (Å²) in [7, 11) is -4.21. The van der Waals surface area contributed by atoms with E-state index in [-0.39, 0.29) is 52.8 Å². The maximum atomic E-state index is 13.3. The van der Waals surface area contributed by atoms with Crippen LogP contribution >= 0.6 is 12.4 Å². The molecule has 3 rings (SSSR count). The van der Waals surface area contributed by atoms with E-state index in [2.05, 4.69) is 55.4 Å².